The van der Waals surface area contributed by atoms with E-state index in [1.165, 1.54) is 12.8 Å². The van der Waals surface area contributed by atoms with Crippen molar-refractivity contribution in [3.8, 4) is 0 Å². The number of amides is 2. The topological polar surface area (TPSA) is 40.6 Å². The summed E-state index contributed by atoms with van der Waals surface area (Å²) in [5.41, 5.74) is 0. The Bertz CT molecular complexity index is 421. The molecule has 0 aromatic heterocycles. The van der Waals surface area contributed by atoms with Gasteiger partial charge >= 0.3 is 0 Å². The summed E-state index contributed by atoms with van der Waals surface area (Å²) in [4.78, 5) is 29.3. The van der Waals surface area contributed by atoms with Crippen molar-refractivity contribution in [1.29, 1.82) is 0 Å². The minimum Gasteiger partial charge on any atom is -0.329 e. The maximum absolute atomic E-state index is 12.9. The molecular formula is C16H26N2O2S. The Hall–Kier alpha value is -0.710. The van der Waals surface area contributed by atoms with Crippen molar-refractivity contribution in [1.82, 2.24) is 9.80 Å². The largest absolute Gasteiger partial charge is 0.329 e. The molecule has 2 unspecified atom stereocenters. The molecule has 0 radical (unpaired) electrons. The number of rotatable bonds is 2. The van der Waals surface area contributed by atoms with E-state index in [4.69, 9.17) is 0 Å². The number of thioether (sulfide) groups is 1. The van der Waals surface area contributed by atoms with Crippen molar-refractivity contribution in [2.75, 3.05) is 12.8 Å². The molecule has 3 rings (SSSR count). The van der Waals surface area contributed by atoms with Gasteiger partial charge in [0.25, 0.3) is 0 Å². The second-order valence-corrected chi connectivity index (χ2v) is 7.77. The lowest BCUT2D eigenvalue weighted by Crippen LogP contribution is -2.67. The molecular weight excluding hydrogens is 284 g/mol. The van der Waals surface area contributed by atoms with Crippen LogP contribution < -0.4 is 0 Å². The highest BCUT2D eigenvalue weighted by Crippen LogP contribution is 2.34. The number of nitrogens with zero attached hydrogens (tertiary/aromatic N) is 2. The maximum atomic E-state index is 12.9. The number of piperazine rings is 1. The molecule has 0 spiro atoms. The Morgan fingerprint density at radius 3 is 2.38 bits per heavy atom. The zero-order valence-corrected chi connectivity index (χ0v) is 13.9. The summed E-state index contributed by atoms with van der Waals surface area (Å²) in [6, 6.07) is -0.146. The van der Waals surface area contributed by atoms with Crippen LogP contribution in [0.25, 0.3) is 0 Å². The maximum Gasteiger partial charge on any atom is 0.246 e. The third kappa shape index (κ3) is 2.69. The Morgan fingerprint density at radius 2 is 1.71 bits per heavy atom. The van der Waals surface area contributed by atoms with Gasteiger partial charge in [-0.1, -0.05) is 0 Å². The van der Waals surface area contributed by atoms with Gasteiger partial charge in [-0.25, -0.2) is 0 Å². The molecule has 5 heteroatoms. The summed E-state index contributed by atoms with van der Waals surface area (Å²) < 4.78 is 0. The number of hydrogen-bond donors (Lipinski definition) is 0. The van der Waals surface area contributed by atoms with E-state index >= 15 is 0 Å². The molecule has 2 atom stereocenters. The predicted molar refractivity (Wildman–Crippen MR) is 85.2 cm³/mol. The summed E-state index contributed by atoms with van der Waals surface area (Å²) in [5.74, 6) is 0.390. The van der Waals surface area contributed by atoms with E-state index < -0.39 is 0 Å². The molecule has 2 heterocycles. The van der Waals surface area contributed by atoms with Crippen LogP contribution in [0.5, 0.6) is 0 Å². The third-order valence-corrected chi connectivity index (χ3v) is 6.61. The summed E-state index contributed by atoms with van der Waals surface area (Å²) in [6.45, 7) is 2.69. The van der Waals surface area contributed by atoms with Gasteiger partial charge in [0, 0.05) is 17.8 Å². The molecule has 2 saturated heterocycles. The van der Waals surface area contributed by atoms with E-state index in [2.05, 4.69) is 6.26 Å². The van der Waals surface area contributed by atoms with Gasteiger partial charge in [0.2, 0.25) is 11.8 Å². The van der Waals surface area contributed by atoms with E-state index in [0.717, 1.165) is 43.9 Å². The van der Waals surface area contributed by atoms with E-state index in [-0.39, 0.29) is 29.9 Å². The number of piperidine rings is 1. The summed E-state index contributed by atoms with van der Waals surface area (Å²) in [6.07, 6.45) is 9.60. The van der Waals surface area contributed by atoms with Crippen LogP contribution in [0.1, 0.15) is 51.9 Å². The summed E-state index contributed by atoms with van der Waals surface area (Å²) >= 11 is 1.94. The van der Waals surface area contributed by atoms with Gasteiger partial charge in [0.15, 0.2) is 0 Å². The number of hydrogen-bond acceptors (Lipinski definition) is 3. The predicted octanol–water partition coefficient (Wildman–Crippen LogP) is 2.27. The van der Waals surface area contributed by atoms with Gasteiger partial charge in [-0.05, 0) is 58.1 Å². The number of carbonyl (C=O) groups excluding carboxylic acids is 2. The lowest BCUT2D eigenvalue weighted by atomic mass is 9.89. The second-order valence-electron chi connectivity index (χ2n) is 6.63. The second kappa shape index (κ2) is 6.19. The molecule has 2 amide bonds. The highest BCUT2D eigenvalue weighted by atomic mass is 32.2. The van der Waals surface area contributed by atoms with Crippen LogP contribution in [0.4, 0.5) is 0 Å². The molecule has 21 heavy (non-hydrogen) atoms. The highest BCUT2D eigenvalue weighted by Gasteiger charge is 2.47. The molecule has 3 fully saturated rings. The van der Waals surface area contributed by atoms with E-state index in [9.17, 15) is 9.59 Å². The summed E-state index contributed by atoms with van der Waals surface area (Å²) in [7, 11) is 0. The standard InChI is InChI=1S/C16H26N2O2S/c1-11-15(19)17-10-4-3-5-14(17)16(20)18(11)12-6-8-13(21-2)9-7-12/h11-14H,3-10H2,1-2H3. The molecule has 1 saturated carbocycles. The van der Waals surface area contributed by atoms with Crippen molar-refractivity contribution >= 4 is 23.6 Å². The normalized spacial score (nSPS) is 37.6. The fourth-order valence-corrected chi connectivity index (χ4v) is 4.97. The molecule has 1 aliphatic carbocycles. The van der Waals surface area contributed by atoms with Gasteiger partial charge in [0.1, 0.15) is 12.1 Å². The first-order chi connectivity index (χ1) is 10.1. The molecule has 0 aromatic carbocycles. The van der Waals surface area contributed by atoms with Crippen LogP contribution in [0.2, 0.25) is 0 Å². The third-order valence-electron chi connectivity index (χ3n) is 5.47. The first-order valence-electron chi connectivity index (χ1n) is 8.29. The summed E-state index contributed by atoms with van der Waals surface area (Å²) in [5, 5.41) is 0.735. The average Bonchev–Trinajstić information content (AvgIpc) is 2.53. The molecule has 2 aliphatic heterocycles. The Labute approximate surface area is 131 Å². The zero-order chi connectivity index (χ0) is 15.0. The van der Waals surface area contributed by atoms with Gasteiger partial charge < -0.3 is 9.80 Å². The Morgan fingerprint density at radius 1 is 1.00 bits per heavy atom. The Kier molecular flexibility index (Phi) is 4.48. The van der Waals surface area contributed by atoms with Crippen LogP contribution in [-0.2, 0) is 9.59 Å². The molecule has 0 N–H and O–H groups in total. The van der Waals surface area contributed by atoms with Crippen LogP contribution in [0.15, 0.2) is 0 Å². The minimum atomic E-state index is -0.261. The van der Waals surface area contributed by atoms with Crippen LogP contribution in [0, 0.1) is 0 Å². The van der Waals surface area contributed by atoms with E-state index in [0.29, 0.717) is 0 Å². The SMILES string of the molecule is CSC1CCC(N2C(=O)C3CCCCN3C(=O)C2C)CC1. The van der Waals surface area contributed by atoms with Crippen molar-refractivity contribution in [3.05, 3.63) is 0 Å². The first kappa shape index (κ1) is 15.2. The zero-order valence-electron chi connectivity index (χ0n) is 13.1. The fourth-order valence-electron chi connectivity index (χ4n) is 4.23. The lowest BCUT2D eigenvalue weighted by molar-refractivity contribution is -0.166. The highest BCUT2D eigenvalue weighted by molar-refractivity contribution is 7.99. The molecule has 4 nitrogen and oxygen atoms in total. The van der Waals surface area contributed by atoms with Crippen LogP contribution >= 0.6 is 11.8 Å². The van der Waals surface area contributed by atoms with E-state index in [1.807, 2.05) is 28.5 Å². The van der Waals surface area contributed by atoms with Gasteiger partial charge in [-0.15, -0.1) is 0 Å². The van der Waals surface area contributed by atoms with Crippen LogP contribution in [-0.4, -0.2) is 57.8 Å². The smallest absolute Gasteiger partial charge is 0.246 e. The quantitative estimate of drug-likeness (QED) is 0.785. The van der Waals surface area contributed by atoms with E-state index in [1.54, 1.807) is 0 Å². The van der Waals surface area contributed by atoms with Crippen molar-refractivity contribution in [3.63, 3.8) is 0 Å². The van der Waals surface area contributed by atoms with Gasteiger partial charge in [-0.2, -0.15) is 11.8 Å². The van der Waals surface area contributed by atoms with Crippen molar-refractivity contribution in [2.45, 2.75) is 75.2 Å². The number of fused-ring (bicyclic) bond motifs is 1. The lowest BCUT2D eigenvalue weighted by Gasteiger charge is -2.49. The molecule has 118 valence electrons. The number of carbonyl (C=O) groups is 2. The van der Waals surface area contributed by atoms with Crippen molar-refractivity contribution < 1.29 is 9.59 Å². The average molecular weight is 310 g/mol. The fraction of sp³-hybridized carbons (Fsp3) is 0.875. The van der Waals surface area contributed by atoms with Crippen molar-refractivity contribution in [2.24, 2.45) is 0 Å². The van der Waals surface area contributed by atoms with Crippen LogP contribution in [0.3, 0.4) is 0 Å². The molecule has 0 aromatic rings. The first-order valence-corrected chi connectivity index (χ1v) is 9.57. The molecule has 3 aliphatic rings. The Balaban J connectivity index is 1.75. The monoisotopic (exact) mass is 310 g/mol. The van der Waals surface area contributed by atoms with Gasteiger partial charge in [-0.3, -0.25) is 9.59 Å². The minimum absolute atomic E-state index is 0.166. The van der Waals surface area contributed by atoms with Gasteiger partial charge in [0.05, 0.1) is 0 Å². The molecule has 0 bridgehead atoms.